The molecule has 2 rings (SSSR count). The number of nitrogens with zero attached hydrogens (tertiary/aromatic N) is 2. The van der Waals surface area contributed by atoms with E-state index in [1.54, 1.807) is 19.2 Å². The predicted octanol–water partition coefficient (Wildman–Crippen LogP) is 1.01. The first-order valence-corrected chi connectivity index (χ1v) is 7.70. The zero-order valence-corrected chi connectivity index (χ0v) is 14.0. The van der Waals surface area contributed by atoms with Crippen molar-refractivity contribution in [1.82, 2.24) is 15.1 Å². The number of carbonyl (C=O) groups is 3. The van der Waals surface area contributed by atoms with E-state index in [0.717, 1.165) is 5.56 Å². The van der Waals surface area contributed by atoms with Gasteiger partial charge >= 0.3 is 0 Å². The fourth-order valence-electron chi connectivity index (χ4n) is 2.57. The molecule has 3 amide bonds. The maximum atomic E-state index is 12.7. The molecule has 1 fully saturated rings. The van der Waals surface area contributed by atoms with Crippen molar-refractivity contribution in [1.29, 1.82) is 0 Å². The molecule has 6 heteroatoms. The number of hydrogen-bond donors (Lipinski definition) is 1. The standard InChI is InChI=1S/C17H23N3O3/c1-11(2)15(17(23)20-9-14(21)19(4)10-20)18-16(22)13-8-6-5-7-12(13)3/h5-8,11,15H,9-10H2,1-4H3,(H,18,22). The van der Waals surface area contributed by atoms with Crippen LogP contribution >= 0.6 is 0 Å². The third-order valence-corrected chi connectivity index (χ3v) is 4.06. The third kappa shape index (κ3) is 3.70. The molecule has 124 valence electrons. The third-order valence-electron chi connectivity index (χ3n) is 4.06. The van der Waals surface area contributed by atoms with Gasteiger partial charge in [-0.15, -0.1) is 0 Å². The van der Waals surface area contributed by atoms with Crippen LogP contribution in [0.4, 0.5) is 0 Å². The average molecular weight is 317 g/mol. The Morgan fingerprint density at radius 2 is 1.87 bits per heavy atom. The van der Waals surface area contributed by atoms with Crippen molar-refractivity contribution >= 4 is 17.7 Å². The van der Waals surface area contributed by atoms with Crippen LogP contribution in [0.3, 0.4) is 0 Å². The van der Waals surface area contributed by atoms with Crippen molar-refractivity contribution in [2.24, 2.45) is 5.92 Å². The molecule has 23 heavy (non-hydrogen) atoms. The first-order valence-electron chi connectivity index (χ1n) is 7.70. The highest BCUT2D eigenvalue weighted by Crippen LogP contribution is 2.13. The first kappa shape index (κ1) is 17.0. The van der Waals surface area contributed by atoms with E-state index in [0.29, 0.717) is 5.56 Å². The Kier molecular flexibility index (Phi) is 5.03. The molecule has 0 saturated carbocycles. The number of hydrogen-bond acceptors (Lipinski definition) is 3. The van der Waals surface area contributed by atoms with Crippen molar-refractivity contribution in [3.05, 3.63) is 35.4 Å². The van der Waals surface area contributed by atoms with Crippen LogP contribution in [0.15, 0.2) is 24.3 Å². The van der Waals surface area contributed by atoms with Crippen LogP contribution < -0.4 is 5.32 Å². The van der Waals surface area contributed by atoms with Gasteiger partial charge in [-0.05, 0) is 24.5 Å². The van der Waals surface area contributed by atoms with E-state index in [4.69, 9.17) is 0 Å². The number of carbonyl (C=O) groups excluding carboxylic acids is 3. The van der Waals surface area contributed by atoms with Crippen molar-refractivity contribution < 1.29 is 14.4 Å². The lowest BCUT2D eigenvalue weighted by molar-refractivity contribution is -0.134. The van der Waals surface area contributed by atoms with Crippen LogP contribution in [0.25, 0.3) is 0 Å². The van der Waals surface area contributed by atoms with E-state index in [1.165, 1.54) is 9.80 Å². The fraction of sp³-hybridized carbons (Fsp3) is 0.471. The molecular formula is C17H23N3O3. The largest absolute Gasteiger partial charge is 0.340 e. The van der Waals surface area contributed by atoms with Crippen LogP contribution in [0.2, 0.25) is 0 Å². The molecule has 0 aromatic heterocycles. The second-order valence-corrected chi connectivity index (χ2v) is 6.28. The molecule has 1 saturated heterocycles. The second-order valence-electron chi connectivity index (χ2n) is 6.28. The van der Waals surface area contributed by atoms with Crippen LogP contribution in [0.1, 0.15) is 29.8 Å². The number of amides is 3. The van der Waals surface area contributed by atoms with Crippen LogP contribution in [0, 0.1) is 12.8 Å². The van der Waals surface area contributed by atoms with Crippen molar-refractivity contribution in [3.63, 3.8) is 0 Å². The van der Waals surface area contributed by atoms with E-state index < -0.39 is 6.04 Å². The Bertz CT molecular complexity index is 627. The number of aryl methyl sites for hydroxylation is 1. The van der Waals surface area contributed by atoms with Crippen molar-refractivity contribution in [2.45, 2.75) is 26.8 Å². The molecule has 1 heterocycles. The molecule has 1 atom stereocenters. The molecule has 0 bridgehead atoms. The Morgan fingerprint density at radius 1 is 1.22 bits per heavy atom. The summed E-state index contributed by atoms with van der Waals surface area (Å²) in [5, 5.41) is 2.82. The number of likely N-dealkylation sites (N-methyl/N-ethyl adjacent to an activating group) is 1. The van der Waals surface area contributed by atoms with Gasteiger partial charge in [-0.25, -0.2) is 0 Å². The summed E-state index contributed by atoms with van der Waals surface area (Å²) >= 11 is 0. The smallest absolute Gasteiger partial charge is 0.252 e. The summed E-state index contributed by atoms with van der Waals surface area (Å²) in [5.74, 6) is -0.656. The van der Waals surface area contributed by atoms with Gasteiger partial charge in [0.1, 0.15) is 12.6 Å². The predicted molar refractivity (Wildman–Crippen MR) is 86.6 cm³/mol. The van der Waals surface area contributed by atoms with Crippen molar-refractivity contribution in [2.75, 3.05) is 20.3 Å². The van der Waals surface area contributed by atoms with Crippen LogP contribution in [-0.4, -0.2) is 53.8 Å². The summed E-state index contributed by atoms with van der Waals surface area (Å²) in [4.78, 5) is 39.7. The lowest BCUT2D eigenvalue weighted by atomic mass is 10.0. The second kappa shape index (κ2) is 6.81. The number of nitrogens with one attached hydrogen (secondary N) is 1. The van der Waals surface area contributed by atoms with E-state index in [-0.39, 0.29) is 36.9 Å². The highest BCUT2D eigenvalue weighted by molar-refractivity contribution is 5.99. The molecule has 1 unspecified atom stereocenters. The summed E-state index contributed by atoms with van der Waals surface area (Å²) < 4.78 is 0. The zero-order chi connectivity index (χ0) is 17.1. The molecule has 1 N–H and O–H groups in total. The van der Waals surface area contributed by atoms with Gasteiger partial charge in [0.15, 0.2) is 0 Å². The van der Waals surface area contributed by atoms with Gasteiger partial charge in [0, 0.05) is 12.6 Å². The van der Waals surface area contributed by atoms with E-state index in [1.807, 2.05) is 32.9 Å². The fourth-order valence-corrected chi connectivity index (χ4v) is 2.57. The summed E-state index contributed by atoms with van der Waals surface area (Å²) in [6.07, 6.45) is 0. The number of rotatable bonds is 4. The lowest BCUT2D eigenvalue weighted by Gasteiger charge is -2.26. The van der Waals surface area contributed by atoms with E-state index in [9.17, 15) is 14.4 Å². The summed E-state index contributed by atoms with van der Waals surface area (Å²) in [6, 6.07) is 6.60. The summed E-state index contributed by atoms with van der Waals surface area (Å²) in [6.45, 7) is 5.94. The molecule has 1 aliphatic heterocycles. The average Bonchev–Trinajstić information content (AvgIpc) is 2.83. The van der Waals surface area contributed by atoms with Crippen molar-refractivity contribution in [3.8, 4) is 0 Å². The molecule has 0 spiro atoms. The minimum absolute atomic E-state index is 0.0682. The first-order chi connectivity index (χ1) is 10.8. The molecular weight excluding hydrogens is 294 g/mol. The SMILES string of the molecule is Cc1ccccc1C(=O)NC(C(=O)N1CC(=O)N(C)C1)C(C)C. The Labute approximate surface area is 136 Å². The summed E-state index contributed by atoms with van der Waals surface area (Å²) in [7, 11) is 1.66. The number of benzene rings is 1. The topological polar surface area (TPSA) is 69.7 Å². The molecule has 1 aromatic carbocycles. The Hall–Kier alpha value is -2.37. The highest BCUT2D eigenvalue weighted by atomic mass is 16.2. The summed E-state index contributed by atoms with van der Waals surface area (Å²) in [5.41, 5.74) is 1.41. The molecule has 1 aliphatic rings. The van der Waals surface area contributed by atoms with Gasteiger partial charge in [-0.2, -0.15) is 0 Å². The zero-order valence-electron chi connectivity index (χ0n) is 14.0. The van der Waals surface area contributed by atoms with Crippen LogP contribution in [0.5, 0.6) is 0 Å². The van der Waals surface area contributed by atoms with Gasteiger partial charge in [-0.3, -0.25) is 14.4 Å². The van der Waals surface area contributed by atoms with Gasteiger partial charge in [0.05, 0.1) is 6.67 Å². The van der Waals surface area contributed by atoms with E-state index >= 15 is 0 Å². The lowest BCUT2D eigenvalue weighted by Crippen LogP contribution is -2.51. The Balaban J connectivity index is 2.13. The molecule has 0 aliphatic carbocycles. The highest BCUT2D eigenvalue weighted by Gasteiger charge is 2.34. The van der Waals surface area contributed by atoms with Gasteiger partial charge < -0.3 is 15.1 Å². The monoisotopic (exact) mass is 317 g/mol. The van der Waals surface area contributed by atoms with Gasteiger partial charge in [0.25, 0.3) is 5.91 Å². The van der Waals surface area contributed by atoms with Gasteiger partial charge in [0.2, 0.25) is 11.8 Å². The maximum Gasteiger partial charge on any atom is 0.252 e. The van der Waals surface area contributed by atoms with E-state index in [2.05, 4.69) is 5.32 Å². The molecule has 6 nitrogen and oxygen atoms in total. The minimum atomic E-state index is -0.651. The Morgan fingerprint density at radius 3 is 2.39 bits per heavy atom. The maximum absolute atomic E-state index is 12.7. The molecule has 1 aromatic rings. The molecule has 0 radical (unpaired) electrons. The minimum Gasteiger partial charge on any atom is -0.340 e. The quantitative estimate of drug-likeness (QED) is 0.901. The van der Waals surface area contributed by atoms with Crippen LogP contribution in [-0.2, 0) is 9.59 Å². The van der Waals surface area contributed by atoms with Gasteiger partial charge in [-0.1, -0.05) is 32.0 Å². The normalized spacial score (nSPS) is 16.0.